The number of nitrogens with zero attached hydrogens (tertiary/aromatic N) is 3. The predicted octanol–water partition coefficient (Wildman–Crippen LogP) is 3.90. The summed E-state index contributed by atoms with van der Waals surface area (Å²) in [5, 5.41) is 0.576. The maximum Gasteiger partial charge on any atom is 0.248 e. The number of anilines is 1. The number of carbonyl (C=O) groups excluding carboxylic acids is 3. The standard InChI is InChI=1S/C25H30ClN3O3/c1-18(2)14-27(23(30)13-12-20-8-5-4-6-9-20)15-24(31)28-16-25(32)29(17-28)22-11-7-10-21(26)19(22)3/h4-11,18H,12-17H2,1-3H3. The zero-order valence-electron chi connectivity index (χ0n) is 18.9. The summed E-state index contributed by atoms with van der Waals surface area (Å²) in [5.74, 6) is -0.206. The Morgan fingerprint density at radius 3 is 2.50 bits per heavy atom. The molecule has 1 heterocycles. The van der Waals surface area contributed by atoms with Crippen molar-refractivity contribution in [2.75, 3.05) is 31.2 Å². The van der Waals surface area contributed by atoms with Crippen LogP contribution in [0.3, 0.4) is 0 Å². The molecule has 1 aliphatic heterocycles. The van der Waals surface area contributed by atoms with Crippen molar-refractivity contribution >= 4 is 35.0 Å². The van der Waals surface area contributed by atoms with E-state index in [1.54, 1.807) is 21.9 Å². The van der Waals surface area contributed by atoms with Gasteiger partial charge in [0.1, 0.15) is 13.2 Å². The van der Waals surface area contributed by atoms with Crippen LogP contribution in [-0.4, -0.2) is 53.8 Å². The van der Waals surface area contributed by atoms with Crippen LogP contribution in [-0.2, 0) is 20.8 Å². The van der Waals surface area contributed by atoms with Crippen molar-refractivity contribution in [2.24, 2.45) is 5.92 Å². The van der Waals surface area contributed by atoms with Gasteiger partial charge in [0.2, 0.25) is 17.7 Å². The highest BCUT2D eigenvalue weighted by molar-refractivity contribution is 6.31. The lowest BCUT2D eigenvalue weighted by molar-refractivity contribution is -0.140. The Morgan fingerprint density at radius 2 is 1.81 bits per heavy atom. The molecular formula is C25H30ClN3O3. The fourth-order valence-electron chi connectivity index (χ4n) is 3.83. The van der Waals surface area contributed by atoms with E-state index >= 15 is 0 Å². The highest BCUT2D eigenvalue weighted by Gasteiger charge is 2.33. The number of amides is 3. The van der Waals surface area contributed by atoms with Crippen molar-refractivity contribution in [3.8, 4) is 0 Å². The van der Waals surface area contributed by atoms with E-state index in [1.807, 2.05) is 57.2 Å². The van der Waals surface area contributed by atoms with Crippen LogP contribution >= 0.6 is 11.6 Å². The zero-order chi connectivity index (χ0) is 23.3. The number of carbonyl (C=O) groups is 3. The van der Waals surface area contributed by atoms with E-state index in [2.05, 4.69) is 0 Å². The lowest BCUT2D eigenvalue weighted by Crippen LogP contribution is -2.44. The topological polar surface area (TPSA) is 60.9 Å². The van der Waals surface area contributed by atoms with Crippen LogP contribution in [0, 0.1) is 12.8 Å². The van der Waals surface area contributed by atoms with Crippen molar-refractivity contribution < 1.29 is 14.4 Å². The highest BCUT2D eigenvalue weighted by Crippen LogP contribution is 2.28. The molecule has 3 amide bonds. The third-order valence-corrected chi connectivity index (χ3v) is 5.97. The largest absolute Gasteiger partial charge is 0.333 e. The monoisotopic (exact) mass is 455 g/mol. The van der Waals surface area contributed by atoms with Crippen molar-refractivity contribution in [3.63, 3.8) is 0 Å². The van der Waals surface area contributed by atoms with Gasteiger partial charge < -0.3 is 9.80 Å². The van der Waals surface area contributed by atoms with Gasteiger partial charge >= 0.3 is 0 Å². The number of aryl methyl sites for hydroxylation is 1. The molecule has 0 spiro atoms. The van der Waals surface area contributed by atoms with Gasteiger partial charge in [0, 0.05) is 23.7 Å². The normalized spacial score (nSPS) is 13.7. The number of hydrogen-bond donors (Lipinski definition) is 0. The van der Waals surface area contributed by atoms with Gasteiger partial charge in [-0.1, -0.05) is 61.8 Å². The first-order chi connectivity index (χ1) is 15.3. The minimum atomic E-state index is -0.228. The molecule has 170 valence electrons. The Morgan fingerprint density at radius 1 is 1.09 bits per heavy atom. The van der Waals surface area contributed by atoms with Crippen LogP contribution in [0.2, 0.25) is 5.02 Å². The maximum atomic E-state index is 13.0. The van der Waals surface area contributed by atoms with Gasteiger partial charge in [-0.15, -0.1) is 0 Å². The first kappa shape index (κ1) is 23.8. The molecule has 1 aliphatic rings. The lowest BCUT2D eigenvalue weighted by atomic mass is 10.1. The Kier molecular flexibility index (Phi) is 7.91. The van der Waals surface area contributed by atoms with Crippen LogP contribution in [0.25, 0.3) is 0 Å². The quantitative estimate of drug-likeness (QED) is 0.606. The van der Waals surface area contributed by atoms with Crippen molar-refractivity contribution in [3.05, 3.63) is 64.7 Å². The van der Waals surface area contributed by atoms with Gasteiger partial charge in [-0.05, 0) is 42.5 Å². The molecule has 0 aliphatic carbocycles. The smallest absolute Gasteiger partial charge is 0.248 e. The van der Waals surface area contributed by atoms with Crippen molar-refractivity contribution in [1.82, 2.24) is 9.80 Å². The van der Waals surface area contributed by atoms with Crippen LogP contribution in [0.1, 0.15) is 31.4 Å². The summed E-state index contributed by atoms with van der Waals surface area (Å²) < 4.78 is 0. The van der Waals surface area contributed by atoms with Gasteiger partial charge in [0.05, 0.1) is 6.54 Å². The van der Waals surface area contributed by atoms with Crippen LogP contribution in [0.5, 0.6) is 0 Å². The van der Waals surface area contributed by atoms with Gasteiger partial charge in [-0.25, -0.2) is 0 Å². The molecule has 0 radical (unpaired) electrons. The molecule has 1 saturated heterocycles. The van der Waals surface area contributed by atoms with E-state index in [0.29, 0.717) is 30.1 Å². The number of hydrogen-bond acceptors (Lipinski definition) is 3. The molecule has 2 aromatic carbocycles. The van der Waals surface area contributed by atoms with Crippen molar-refractivity contribution in [1.29, 1.82) is 0 Å². The van der Waals surface area contributed by atoms with Gasteiger partial charge in [0.25, 0.3) is 0 Å². The Balaban J connectivity index is 1.65. The van der Waals surface area contributed by atoms with Gasteiger partial charge in [-0.2, -0.15) is 0 Å². The zero-order valence-corrected chi connectivity index (χ0v) is 19.6. The van der Waals surface area contributed by atoms with E-state index in [4.69, 9.17) is 11.6 Å². The molecule has 0 saturated carbocycles. The number of rotatable bonds is 8. The number of halogens is 1. The SMILES string of the molecule is Cc1c(Cl)cccc1N1CN(C(=O)CN(CC(C)C)C(=O)CCc2ccccc2)CC1=O. The molecule has 0 bridgehead atoms. The third-order valence-electron chi connectivity index (χ3n) is 5.56. The highest BCUT2D eigenvalue weighted by atomic mass is 35.5. The Labute approximate surface area is 194 Å². The van der Waals surface area contributed by atoms with Crippen molar-refractivity contribution in [2.45, 2.75) is 33.6 Å². The molecule has 32 heavy (non-hydrogen) atoms. The van der Waals surface area contributed by atoms with E-state index in [1.165, 1.54) is 4.90 Å². The molecule has 3 rings (SSSR count). The second-order valence-corrected chi connectivity index (χ2v) is 9.00. The van der Waals surface area contributed by atoms with E-state index in [0.717, 1.165) is 11.1 Å². The first-order valence-electron chi connectivity index (χ1n) is 10.9. The van der Waals surface area contributed by atoms with Gasteiger partial charge in [0.15, 0.2) is 0 Å². The molecule has 1 fully saturated rings. The summed E-state index contributed by atoms with van der Waals surface area (Å²) in [6.07, 6.45) is 0.975. The maximum absolute atomic E-state index is 13.0. The minimum absolute atomic E-state index is 0.00148. The van der Waals surface area contributed by atoms with E-state index < -0.39 is 0 Å². The van der Waals surface area contributed by atoms with Crippen LogP contribution in [0.4, 0.5) is 5.69 Å². The van der Waals surface area contributed by atoms with Crippen LogP contribution < -0.4 is 4.90 Å². The first-order valence-corrected chi connectivity index (χ1v) is 11.3. The Bertz CT molecular complexity index is 978. The minimum Gasteiger partial charge on any atom is -0.333 e. The summed E-state index contributed by atoms with van der Waals surface area (Å²) in [5.41, 5.74) is 2.60. The number of benzene rings is 2. The van der Waals surface area contributed by atoms with Gasteiger partial charge in [-0.3, -0.25) is 19.3 Å². The second kappa shape index (κ2) is 10.6. The summed E-state index contributed by atoms with van der Waals surface area (Å²) in [7, 11) is 0. The molecule has 7 heteroatoms. The second-order valence-electron chi connectivity index (χ2n) is 8.59. The Hall–Kier alpha value is -2.86. The average Bonchev–Trinajstić information content (AvgIpc) is 3.15. The molecule has 6 nitrogen and oxygen atoms in total. The fourth-order valence-corrected chi connectivity index (χ4v) is 4.00. The molecule has 0 atom stereocenters. The molecular weight excluding hydrogens is 426 g/mol. The van der Waals surface area contributed by atoms with E-state index in [9.17, 15) is 14.4 Å². The average molecular weight is 456 g/mol. The molecule has 2 aromatic rings. The lowest BCUT2D eigenvalue weighted by Gasteiger charge is -2.27. The summed E-state index contributed by atoms with van der Waals surface area (Å²) in [4.78, 5) is 43.2. The summed E-state index contributed by atoms with van der Waals surface area (Å²) >= 11 is 6.20. The fraction of sp³-hybridized carbons (Fsp3) is 0.400. The molecule has 0 N–H and O–H groups in total. The molecule has 0 unspecified atom stereocenters. The predicted molar refractivity (Wildman–Crippen MR) is 126 cm³/mol. The summed E-state index contributed by atoms with van der Waals surface area (Å²) in [6.45, 7) is 6.52. The third kappa shape index (κ3) is 5.88. The molecule has 0 aromatic heterocycles. The van der Waals surface area contributed by atoms with Crippen LogP contribution in [0.15, 0.2) is 48.5 Å². The van der Waals surface area contributed by atoms with E-state index in [-0.39, 0.29) is 43.4 Å². The summed E-state index contributed by atoms with van der Waals surface area (Å²) in [6, 6.07) is 15.2.